The van der Waals surface area contributed by atoms with Gasteiger partial charge in [-0.1, -0.05) is 38.1 Å². The minimum atomic E-state index is 0.504. The number of rotatable bonds is 6. The van der Waals surface area contributed by atoms with Crippen LogP contribution in [0.1, 0.15) is 30.9 Å². The molecule has 0 aliphatic rings. The zero-order valence-electron chi connectivity index (χ0n) is 13.3. The van der Waals surface area contributed by atoms with Crippen LogP contribution in [0.4, 0.5) is 0 Å². The lowest BCUT2D eigenvalue weighted by atomic mass is 9.83. The molecule has 2 nitrogen and oxygen atoms in total. The SMILES string of the molecule is COc1ccc(CC(c2ccc(OC)cc2)C(C)C)cc1. The molecule has 2 aromatic rings. The normalized spacial score (nSPS) is 12.2. The Morgan fingerprint density at radius 2 is 1.24 bits per heavy atom. The standard InChI is InChI=1S/C19H24O2/c1-14(2)19(16-7-11-18(21-4)12-8-16)13-15-5-9-17(20-3)10-6-15/h5-12,14,19H,13H2,1-4H3. The van der Waals surface area contributed by atoms with Gasteiger partial charge in [-0.15, -0.1) is 0 Å². The molecule has 0 amide bonds. The van der Waals surface area contributed by atoms with Crippen LogP contribution in [0.3, 0.4) is 0 Å². The van der Waals surface area contributed by atoms with Gasteiger partial charge in [0.1, 0.15) is 11.5 Å². The molecule has 0 aromatic heterocycles. The first-order chi connectivity index (χ1) is 10.1. The minimum Gasteiger partial charge on any atom is -0.497 e. The average Bonchev–Trinajstić information content (AvgIpc) is 2.53. The van der Waals surface area contributed by atoms with Crippen molar-refractivity contribution in [2.45, 2.75) is 26.2 Å². The molecule has 0 heterocycles. The third-order valence-corrected chi connectivity index (χ3v) is 3.96. The van der Waals surface area contributed by atoms with Crippen molar-refractivity contribution in [3.63, 3.8) is 0 Å². The Bertz CT molecular complexity index is 541. The molecule has 0 N–H and O–H groups in total. The van der Waals surface area contributed by atoms with E-state index in [-0.39, 0.29) is 0 Å². The van der Waals surface area contributed by atoms with Crippen LogP contribution >= 0.6 is 0 Å². The molecule has 2 aromatic carbocycles. The summed E-state index contributed by atoms with van der Waals surface area (Å²) in [6.45, 7) is 4.55. The fraction of sp³-hybridized carbons (Fsp3) is 0.368. The maximum atomic E-state index is 5.24. The van der Waals surface area contributed by atoms with E-state index in [1.54, 1.807) is 14.2 Å². The van der Waals surface area contributed by atoms with E-state index in [9.17, 15) is 0 Å². The third kappa shape index (κ3) is 4.01. The molecule has 2 rings (SSSR count). The van der Waals surface area contributed by atoms with Crippen molar-refractivity contribution in [2.75, 3.05) is 14.2 Å². The molecule has 0 fully saturated rings. The molecule has 2 heteroatoms. The van der Waals surface area contributed by atoms with Crippen LogP contribution in [-0.4, -0.2) is 14.2 Å². The molecule has 0 saturated carbocycles. The predicted molar refractivity (Wildman–Crippen MR) is 87.3 cm³/mol. The van der Waals surface area contributed by atoms with Crippen LogP contribution in [0.25, 0.3) is 0 Å². The lowest BCUT2D eigenvalue weighted by Gasteiger charge is -2.22. The maximum Gasteiger partial charge on any atom is 0.118 e. The number of benzene rings is 2. The van der Waals surface area contributed by atoms with E-state index in [0.29, 0.717) is 11.8 Å². The first kappa shape index (κ1) is 15.4. The predicted octanol–water partition coefficient (Wildman–Crippen LogP) is 4.69. The van der Waals surface area contributed by atoms with Gasteiger partial charge in [0.2, 0.25) is 0 Å². The van der Waals surface area contributed by atoms with Crippen LogP contribution in [0.15, 0.2) is 48.5 Å². The number of ether oxygens (including phenoxy) is 2. The summed E-state index contributed by atoms with van der Waals surface area (Å²) in [6, 6.07) is 16.8. The van der Waals surface area contributed by atoms with Gasteiger partial charge in [-0.3, -0.25) is 0 Å². The third-order valence-electron chi connectivity index (χ3n) is 3.96. The van der Waals surface area contributed by atoms with Crippen LogP contribution < -0.4 is 9.47 Å². The Hall–Kier alpha value is -1.96. The van der Waals surface area contributed by atoms with E-state index in [2.05, 4.69) is 38.1 Å². The quantitative estimate of drug-likeness (QED) is 0.766. The fourth-order valence-electron chi connectivity index (χ4n) is 2.61. The summed E-state index contributed by atoms with van der Waals surface area (Å²) >= 11 is 0. The molecule has 0 saturated heterocycles. The Balaban J connectivity index is 2.17. The Kier molecular flexibility index (Phi) is 5.26. The number of hydrogen-bond acceptors (Lipinski definition) is 2. The van der Waals surface area contributed by atoms with E-state index in [1.807, 2.05) is 24.3 Å². The zero-order chi connectivity index (χ0) is 15.2. The van der Waals surface area contributed by atoms with Gasteiger partial charge in [0, 0.05) is 0 Å². The molecule has 0 bridgehead atoms. The van der Waals surface area contributed by atoms with E-state index < -0.39 is 0 Å². The molecule has 0 aliphatic carbocycles. The Morgan fingerprint density at radius 1 is 0.762 bits per heavy atom. The average molecular weight is 284 g/mol. The highest BCUT2D eigenvalue weighted by molar-refractivity contribution is 5.32. The van der Waals surface area contributed by atoms with E-state index in [0.717, 1.165) is 17.9 Å². The van der Waals surface area contributed by atoms with Gasteiger partial charge < -0.3 is 9.47 Å². The second kappa shape index (κ2) is 7.16. The highest BCUT2D eigenvalue weighted by Gasteiger charge is 2.16. The lowest BCUT2D eigenvalue weighted by Crippen LogP contribution is -2.10. The highest BCUT2D eigenvalue weighted by Crippen LogP contribution is 2.30. The molecular formula is C19H24O2. The van der Waals surface area contributed by atoms with E-state index in [4.69, 9.17) is 9.47 Å². The second-order valence-electron chi connectivity index (χ2n) is 5.68. The first-order valence-corrected chi connectivity index (χ1v) is 7.41. The minimum absolute atomic E-state index is 0.504. The molecule has 1 unspecified atom stereocenters. The number of methoxy groups -OCH3 is 2. The van der Waals surface area contributed by atoms with Crippen LogP contribution in [0.5, 0.6) is 11.5 Å². The van der Waals surface area contributed by atoms with Crippen molar-refractivity contribution in [3.8, 4) is 11.5 Å². The van der Waals surface area contributed by atoms with Crippen molar-refractivity contribution < 1.29 is 9.47 Å². The van der Waals surface area contributed by atoms with Gasteiger partial charge in [-0.25, -0.2) is 0 Å². The zero-order valence-corrected chi connectivity index (χ0v) is 13.3. The first-order valence-electron chi connectivity index (χ1n) is 7.41. The Morgan fingerprint density at radius 3 is 1.67 bits per heavy atom. The summed E-state index contributed by atoms with van der Waals surface area (Å²) in [5.41, 5.74) is 2.70. The van der Waals surface area contributed by atoms with Crippen molar-refractivity contribution >= 4 is 0 Å². The van der Waals surface area contributed by atoms with Crippen LogP contribution in [0, 0.1) is 5.92 Å². The Labute approximate surface area is 127 Å². The molecule has 21 heavy (non-hydrogen) atoms. The maximum absolute atomic E-state index is 5.24. The smallest absolute Gasteiger partial charge is 0.118 e. The topological polar surface area (TPSA) is 18.5 Å². The van der Waals surface area contributed by atoms with Crippen molar-refractivity contribution in [1.82, 2.24) is 0 Å². The summed E-state index contributed by atoms with van der Waals surface area (Å²) in [7, 11) is 3.40. The van der Waals surface area contributed by atoms with Crippen LogP contribution in [0.2, 0.25) is 0 Å². The molecule has 0 radical (unpaired) electrons. The largest absolute Gasteiger partial charge is 0.497 e. The van der Waals surface area contributed by atoms with E-state index >= 15 is 0 Å². The summed E-state index contributed by atoms with van der Waals surface area (Å²) in [5.74, 6) is 2.90. The van der Waals surface area contributed by atoms with Gasteiger partial charge in [0.05, 0.1) is 14.2 Å². The van der Waals surface area contributed by atoms with Crippen molar-refractivity contribution in [1.29, 1.82) is 0 Å². The fourth-order valence-corrected chi connectivity index (χ4v) is 2.61. The summed E-state index contributed by atoms with van der Waals surface area (Å²) in [6.07, 6.45) is 1.04. The van der Waals surface area contributed by atoms with Crippen molar-refractivity contribution in [3.05, 3.63) is 59.7 Å². The monoisotopic (exact) mass is 284 g/mol. The summed E-state index contributed by atoms with van der Waals surface area (Å²) in [5, 5.41) is 0. The summed E-state index contributed by atoms with van der Waals surface area (Å²) in [4.78, 5) is 0. The molecule has 0 aliphatic heterocycles. The lowest BCUT2D eigenvalue weighted by molar-refractivity contribution is 0.413. The molecular weight excluding hydrogens is 260 g/mol. The molecule has 1 atom stereocenters. The molecule has 112 valence electrons. The second-order valence-corrected chi connectivity index (χ2v) is 5.68. The van der Waals surface area contributed by atoms with Crippen LogP contribution in [-0.2, 0) is 6.42 Å². The highest BCUT2D eigenvalue weighted by atomic mass is 16.5. The summed E-state index contributed by atoms with van der Waals surface area (Å²) < 4.78 is 10.5. The van der Waals surface area contributed by atoms with Gasteiger partial charge in [0.15, 0.2) is 0 Å². The van der Waals surface area contributed by atoms with E-state index in [1.165, 1.54) is 11.1 Å². The van der Waals surface area contributed by atoms with Crippen molar-refractivity contribution in [2.24, 2.45) is 5.92 Å². The van der Waals surface area contributed by atoms with Gasteiger partial charge in [0.25, 0.3) is 0 Å². The van der Waals surface area contributed by atoms with Gasteiger partial charge in [-0.05, 0) is 53.6 Å². The van der Waals surface area contributed by atoms with Gasteiger partial charge >= 0.3 is 0 Å². The molecule has 0 spiro atoms. The number of hydrogen-bond donors (Lipinski definition) is 0. The van der Waals surface area contributed by atoms with Gasteiger partial charge in [-0.2, -0.15) is 0 Å².